The Bertz CT molecular complexity index is 784. The van der Waals surface area contributed by atoms with Crippen LogP contribution < -0.4 is 10.6 Å². The van der Waals surface area contributed by atoms with Crippen LogP contribution in [0.15, 0.2) is 24.3 Å². The van der Waals surface area contributed by atoms with Crippen LogP contribution in [0, 0.1) is 6.92 Å². The number of aryl methyl sites for hydroxylation is 1. The van der Waals surface area contributed by atoms with Crippen molar-refractivity contribution in [2.45, 2.75) is 51.0 Å². The van der Waals surface area contributed by atoms with Crippen molar-refractivity contribution in [3.63, 3.8) is 0 Å². The molecule has 1 aliphatic carbocycles. The molecule has 2 aliphatic rings. The summed E-state index contributed by atoms with van der Waals surface area (Å²) in [6, 6.07) is 8.94. The van der Waals surface area contributed by atoms with Crippen molar-refractivity contribution in [3.05, 3.63) is 46.8 Å². The quantitative estimate of drug-likeness (QED) is 0.843. The molecule has 0 spiro atoms. The van der Waals surface area contributed by atoms with Crippen LogP contribution in [0.4, 0.5) is 0 Å². The molecule has 7 heteroatoms. The SMILES string of the molecule is Cc1c(C(=O)NCC2CCCc3ccccc32)nnn1C1CCNCC1.Cl. The highest BCUT2D eigenvalue weighted by Crippen LogP contribution is 2.30. The number of amides is 1. The lowest BCUT2D eigenvalue weighted by Gasteiger charge is -2.25. The van der Waals surface area contributed by atoms with Crippen molar-refractivity contribution < 1.29 is 4.79 Å². The molecule has 0 saturated carbocycles. The molecule has 1 fully saturated rings. The number of carbonyl (C=O) groups excluding carboxylic acids is 1. The topological polar surface area (TPSA) is 71.8 Å². The second-order valence-corrected chi connectivity index (χ2v) is 7.45. The fourth-order valence-corrected chi connectivity index (χ4v) is 4.31. The summed E-state index contributed by atoms with van der Waals surface area (Å²) >= 11 is 0. The maximum atomic E-state index is 12.7. The summed E-state index contributed by atoms with van der Waals surface area (Å²) in [5.41, 5.74) is 4.14. The fraction of sp³-hybridized carbons (Fsp3) is 0.550. The minimum Gasteiger partial charge on any atom is -0.350 e. The van der Waals surface area contributed by atoms with Gasteiger partial charge in [-0.15, -0.1) is 17.5 Å². The highest BCUT2D eigenvalue weighted by atomic mass is 35.5. The molecule has 1 aromatic carbocycles. The lowest BCUT2D eigenvalue weighted by Crippen LogP contribution is -2.31. The fourth-order valence-electron chi connectivity index (χ4n) is 4.31. The van der Waals surface area contributed by atoms with Gasteiger partial charge in [0.1, 0.15) is 0 Å². The first-order chi connectivity index (χ1) is 12.7. The number of benzene rings is 1. The Kier molecular flexibility index (Phi) is 6.50. The summed E-state index contributed by atoms with van der Waals surface area (Å²) < 4.78 is 1.94. The number of carbonyl (C=O) groups is 1. The number of rotatable bonds is 4. The van der Waals surface area contributed by atoms with Gasteiger partial charge in [-0.2, -0.15) is 0 Å². The molecule has 1 aromatic heterocycles. The minimum absolute atomic E-state index is 0. The molecule has 1 aliphatic heterocycles. The standard InChI is InChI=1S/C20H27N5O.ClH/c1-14-19(23-24-25(14)17-9-11-21-12-10-17)20(26)22-13-16-7-4-6-15-5-2-3-8-18(15)16;/h2-3,5,8,16-17,21H,4,6-7,9-13H2,1H3,(H,22,26);1H. The molecule has 1 atom stereocenters. The van der Waals surface area contributed by atoms with Crippen molar-refractivity contribution in [3.8, 4) is 0 Å². The number of aromatic nitrogens is 3. The predicted octanol–water partition coefficient (Wildman–Crippen LogP) is 2.78. The van der Waals surface area contributed by atoms with E-state index < -0.39 is 0 Å². The van der Waals surface area contributed by atoms with Crippen LogP contribution in [-0.2, 0) is 6.42 Å². The first-order valence-electron chi connectivity index (χ1n) is 9.72. The Balaban J connectivity index is 0.00000210. The van der Waals surface area contributed by atoms with E-state index >= 15 is 0 Å². The molecule has 2 aromatic rings. The van der Waals surface area contributed by atoms with E-state index in [1.807, 2.05) is 11.6 Å². The van der Waals surface area contributed by atoms with E-state index in [9.17, 15) is 4.79 Å². The van der Waals surface area contributed by atoms with Gasteiger partial charge in [0, 0.05) is 12.5 Å². The van der Waals surface area contributed by atoms with Gasteiger partial charge in [-0.25, -0.2) is 4.68 Å². The van der Waals surface area contributed by atoms with Crippen molar-refractivity contribution in [1.29, 1.82) is 0 Å². The smallest absolute Gasteiger partial charge is 0.273 e. The van der Waals surface area contributed by atoms with E-state index in [1.54, 1.807) is 0 Å². The first kappa shape index (κ1) is 19.8. The molecule has 4 rings (SSSR count). The van der Waals surface area contributed by atoms with Gasteiger partial charge in [0.15, 0.2) is 5.69 Å². The number of nitrogens with one attached hydrogen (secondary N) is 2. The third-order valence-corrected chi connectivity index (χ3v) is 5.80. The summed E-state index contributed by atoms with van der Waals surface area (Å²) in [6.45, 7) is 4.60. The number of hydrogen-bond donors (Lipinski definition) is 2. The van der Waals surface area contributed by atoms with Gasteiger partial charge in [0.2, 0.25) is 0 Å². The average Bonchev–Trinajstić information content (AvgIpc) is 3.08. The molecule has 6 nitrogen and oxygen atoms in total. The monoisotopic (exact) mass is 389 g/mol. The normalized spacial score (nSPS) is 19.8. The van der Waals surface area contributed by atoms with Crippen LogP contribution in [0.1, 0.15) is 65.0 Å². The van der Waals surface area contributed by atoms with Crippen LogP contribution in [0.2, 0.25) is 0 Å². The summed E-state index contributed by atoms with van der Waals surface area (Å²) in [6.07, 6.45) is 5.51. The summed E-state index contributed by atoms with van der Waals surface area (Å²) in [7, 11) is 0. The lowest BCUT2D eigenvalue weighted by atomic mass is 9.83. The van der Waals surface area contributed by atoms with E-state index in [4.69, 9.17) is 0 Å². The molecule has 1 unspecified atom stereocenters. The maximum Gasteiger partial charge on any atom is 0.273 e. The molecule has 1 saturated heterocycles. The van der Waals surface area contributed by atoms with Crippen molar-refractivity contribution in [2.24, 2.45) is 0 Å². The summed E-state index contributed by atoms with van der Waals surface area (Å²) in [5, 5.41) is 14.9. The molecule has 146 valence electrons. The van der Waals surface area contributed by atoms with E-state index in [1.165, 1.54) is 17.5 Å². The number of halogens is 1. The van der Waals surface area contributed by atoms with Crippen molar-refractivity contribution in [1.82, 2.24) is 25.6 Å². The summed E-state index contributed by atoms with van der Waals surface area (Å²) in [5.74, 6) is 0.286. The zero-order valence-electron chi connectivity index (χ0n) is 15.8. The maximum absolute atomic E-state index is 12.7. The van der Waals surface area contributed by atoms with Crippen LogP contribution in [0.25, 0.3) is 0 Å². The molecule has 1 amide bonds. The van der Waals surface area contributed by atoms with Crippen LogP contribution in [-0.4, -0.2) is 40.5 Å². The average molecular weight is 390 g/mol. The van der Waals surface area contributed by atoms with Crippen LogP contribution >= 0.6 is 12.4 Å². The Morgan fingerprint density at radius 1 is 1.26 bits per heavy atom. The van der Waals surface area contributed by atoms with Crippen LogP contribution in [0.5, 0.6) is 0 Å². The second kappa shape index (κ2) is 8.85. The van der Waals surface area contributed by atoms with Gasteiger partial charge in [0.25, 0.3) is 5.91 Å². The lowest BCUT2D eigenvalue weighted by molar-refractivity contribution is 0.0944. The van der Waals surface area contributed by atoms with E-state index in [-0.39, 0.29) is 18.3 Å². The second-order valence-electron chi connectivity index (χ2n) is 7.45. The Labute approximate surface area is 166 Å². The van der Waals surface area contributed by atoms with E-state index in [0.29, 0.717) is 24.2 Å². The molecular weight excluding hydrogens is 362 g/mol. The number of fused-ring (bicyclic) bond motifs is 1. The minimum atomic E-state index is -0.106. The van der Waals surface area contributed by atoms with E-state index in [0.717, 1.165) is 44.5 Å². The van der Waals surface area contributed by atoms with Gasteiger partial charge in [-0.1, -0.05) is 29.5 Å². The van der Waals surface area contributed by atoms with Crippen molar-refractivity contribution >= 4 is 18.3 Å². The molecule has 2 N–H and O–H groups in total. The zero-order chi connectivity index (χ0) is 17.9. The van der Waals surface area contributed by atoms with E-state index in [2.05, 4.69) is 45.2 Å². The molecule has 0 radical (unpaired) electrons. The third kappa shape index (κ3) is 4.17. The van der Waals surface area contributed by atoms with Gasteiger partial charge >= 0.3 is 0 Å². The van der Waals surface area contributed by atoms with Crippen LogP contribution in [0.3, 0.4) is 0 Å². The molecule has 0 bridgehead atoms. The Hall–Kier alpha value is -1.92. The van der Waals surface area contributed by atoms with Gasteiger partial charge in [0.05, 0.1) is 11.7 Å². The highest BCUT2D eigenvalue weighted by Gasteiger charge is 2.24. The largest absolute Gasteiger partial charge is 0.350 e. The molecular formula is C20H28ClN5O. The zero-order valence-corrected chi connectivity index (χ0v) is 16.6. The highest BCUT2D eigenvalue weighted by molar-refractivity contribution is 5.93. The summed E-state index contributed by atoms with van der Waals surface area (Å²) in [4.78, 5) is 12.7. The first-order valence-corrected chi connectivity index (χ1v) is 9.72. The molecule has 2 heterocycles. The van der Waals surface area contributed by atoms with Gasteiger partial charge in [-0.3, -0.25) is 4.79 Å². The van der Waals surface area contributed by atoms with Gasteiger partial charge < -0.3 is 10.6 Å². The Morgan fingerprint density at radius 2 is 2.04 bits per heavy atom. The predicted molar refractivity (Wildman–Crippen MR) is 108 cm³/mol. The number of nitrogens with zero attached hydrogens (tertiary/aromatic N) is 3. The van der Waals surface area contributed by atoms with Crippen molar-refractivity contribution in [2.75, 3.05) is 19.6 Å². The van der Waals surface area contributed by atoms with Gasteiger partial charge in [-0.05, 0) is 63.2 Å². The Morgan fingerprint density at radius 3 is 2.85 bits per heavy atom. The number of piperidine rings is 1. The number of hydrogen-bond acceptors (Lipinski definition) is 4. The molecule has 27 heavy (non-hydrogen) atoms. The third-order valence-electron chi connectivity index (χ3n) is 5.80.